The molecule has 0 spiro atoms. The second-order valence-electron chi connectivity index (χ2n) is 5.14. The van der Waals surface area contributed by atoms with Crippen molar-refractivity contribution in [2.45, 2.75) is 19.8 Å². The molecular formula is C18H18N2O. The number of nitrogens with zero attached hydrogens (tertiary/aromatic N) is 2. The van der Waals surface area contributed by atoms with Crippen molar-refractivity contribution in [1.29, 1.82) is 0 Å². The largest absolute Gasteiger partial charge is 0.310 e. The van der Waals surface area contributed by atoms with Gasteiger partial charge in [-0.2, -0.15) is 0 Å². The van der Waals surface area contributed by atoms with Crippen molar-refractivity contribution in [3.05, 3.63) is 60.2 Å². The predicted octanol–water partition coefficient (Wildman–Crippen LogP) is 3.95. The predicted molar refractivity (Wildman–Crippen MR) is 86.3 cm³/mol. The molecule has 0 atom stereocenters. The lowest BCUT2D eigenvalue weighted by Crippen LogP contribution is -2.32. The van der Waals surface area contributed by atoms with Gasteiger partial charge >= 0.3 is 0 Å². The first kappa shape index (κ1) is 13.6. The SMILES string of the molecule is CCCN1C(=O)CC(c2ccccc2)=Nc2ccccc21. The average molecular weight is 278 g/mol. The van der Waals surface area contributed by atoms with Gasteiger partial charge in [0.05, 0.1) is 23.5 Å². The van der Waals surface area contributed by atoms with E-state index in [4.69, 9.17) is 4.99 Å². The number of hydrogen-bond donors (Lipinski definition) is 0. The summed E-state index contributed by atoms with van der Waals surface area (Å²) in [6, 6.07) is 17.8. The van der Waals surface area contributed by atoms with Gasteiger partial charge in [0.1, 0.15) is 0 Å². The molecule has 0 saturated heterocycles. The van der Waals surface area contributed by atoms with Gasteiger partial charge in [-0.1, -0.05) is 49.4 Å². The van der Waals surface area contributed by atoms with Crippen LogP contribution < -0.4 is 4.90 Å². The Bertz CT molecular complexity index is 677. The third-order valence-electron chi connectivity index (χ3n) is 3.60. The second kappa shape index (κ2) is 5.92. The number of anilines is 1. The number of aliphatic imine (C=N–C) groups is 1. The van der Waals surface area contributed by atoms with Crippen molar-refractivity contribution in [2.75, 3.05) is 11.4 Å². The number of carbonyl (C=O) groups excluding carboxylic acids is 1. The zero-order chi connectivity index (χ0) is 14.7. The van der Waals surface area contributed by atoms with E-state index in [0.29, 0.717) is 6.42 Å². The molecule has 1 heterocycles. The van der Waals surface area contributed by atoms with Gasteiger partial charge in [-0.25, -0.2) is 0 Å². The Morgan fingerprint density at radius 3 is 2.52 bits per heavy atom. The summed E-state index contributed by atoms with van der Waals surface area (Å²) in [6.45, 7) is 2.81. The standard InChI is InChI=1S/C18H18N2O/c1-2-12-20-17-11-7-6-10-15(17)19-16(13-18(20)21)14-8-4-3-5-9-14/h3-11H,2,12-13H2,1H3. The Kier molecular flexibility index (Phi) is 3.82. The highest BCUT2D eigenvalue weighted by molar-refractivity contribution is 6.17. The third-order valence-corrected chi connectivity index (χ3v) is 3.60. The van der Waals surface area contributed by atoms with Gasteiger partial charge in [0, 0.05) is 6.54 Å². The maximum Gasteiger partial charge on any atom is 0.233 e. The van der Waals surface area contributed by atoms with E-state index in [1.54, 1.807) is 0 Å². The van der Waals surface area contributed by atoms with E-state index >= 15 is 0 Å². The molecule has 3 heteroatoms. The molecular weight excluding hydrogens is 260 g/mol. The van der Waals surface area contributed by atoms with E-state index in [-0.39, 0.29) is 5.91 Å². The van der Waals surface area contributed by atoms with Crippen LogP contribution in [0.5, 0.6) is 0 Å². The first-order valence-electron chi connectivity index (χ1n) is 7.32. The Labute approximate surface area is 124 Å². The molecule has 106 valence electrons. The van der Waals surface area contributed by atoms with E-state index < -0.39 is 0 Å². The number of hydrogen-bond acceptors (Lipinski definition) is 2. The van der Waals surface area contributed by atoms with Crippen molar-refractivity contribution in [1.82, 2.24) is 0 Å². The molecule has 21 heavy (non-hydrogen) atoms. The Morgan fingerprint density at radius 1 is 1.05 bits per heavy atom. The molecule has 0 unspecified atom stereocenters. The zero-order valence-electron chi connectivity index (χ0n) is 12.1. The van der Waals surface area contributed by atoms with Crippen LogP contribution in [-0.4, -0.2) is 18.2 Å². The van der Waals surface area contributed by atoms with Crippen LogP contribution in [0.15, 0.2) is 59.6 Å². The highest BCUT2D eigenvalue weighted by atomic mass is 16.2. The van der Waals surface area contributed by atoms with Crippen LogP contribution in [0.2, 0.25) is 0 Å². The minimum Gasteiger partial charge on any atom is -0.310 e. The van der Waals surface area contributed by atoms with Crippen LogP contribution in [0, 0.1) is 0 Å². The molecule has 0 saturated carbocycles. The molecule has 1 aliphatic rings. The van der Waals surface area contributed by atoms with E-state index in [9.17, 15) is 4.79 Å². The highest BCUT2D eigenvalue weighted by Crippen LogP contribution is 2.32. The molecule has 3 rings (SSSR count). The van der Waals surface area contributed by atoms with Crippen LogP contribution in [0.4, 0.5) is 11.4 Å². The minimum atomic E-state index is 0.115. The summed E-state index contributed by atoms with van der Waals surface area (Å²) in [4.78, 5) is 19.2. The molecule has 0 bridgehead atoms. The van der Waals surface area contributed by atoms with E-state index in [1.807, 2.05) is 59.5 Å². The fourth-order valence-corrected chi connectivity index (χ4v) is 2.61. The van der Waals surface area contributed by atoms with Crippen LogP contribution in [0.1, 0.15) is 25.3 Å². The van der Waals surface area contributed by atoms with Crippen molar-refractivity contribution >= 4 is 23.0 Å². The summed E-state index contributed by atoms with van der Waals surface area (Å²) >= 11 is 0. The lowest BCUT2D eigenvalue weighted by atomic mass is 10.1. The summed E-state index contributed by atoms with van der Waals surface area (Å²) in [5, 5.41) is 0. The average Bonchev–Trinajstić information content (AvgIpc) is 2.66. The van der Waals surface area contributed by atoms with Crippen LogP contribution >= 0.6 is 0 Å². The number of carbonyl (C=O) groups is 1. The summed E-state index contributed by atoms with van der Waals surface area (Å²) < 4.78 is 0. The zero-order valence-corrected chi connectivity index (χ0v) is 12.1. The van der Waals surface area contributed by atoms with Crippen molar-refractivity contribution in [3.63, 3.8) is 0 Å². The second-order valence-corrected chi connectivity index (χ2v) is 5.14. The van der Waals surface area contributed by atoms with Gasteiger partial charge in [-0.05, 0) is 24.1 Å². The molecule has 0 radical (unpaired) electrons. The van der Waals surface area contributed by atoms with Gasteiger partial charge in [-0.3, -0.25) is 9.79 Å². The molecule has 1 amide bonds. The molecule has 0 N–H and O–H groups in total. The lowest BCUT2D eigenvalue weighted by molar-refractivity contribution is -0.117. The molecule has 1 aliphatic heterocycles. The van der Waals surface area contributed by atoms with E-state index in [1.165, 1.54) is 0 Å². The molecule has 0 aliphatic carbocycles. The van der Waals surface area contributed by atoms with Crippen molar-refractivity contribution in [2.24, 2.45) is 4.99 Å². The van der Waals surface area contributed by atoms with Crippen LogP contribution in [0.3, 0.4) is 0 Å². The monoisotopic (exact) mass is 278 g/mol. The number of amides is 1. The lowest BCUT2D eigenvalue weighted by Gasteiger charge is -2.21. The summed E-state index contributed by atoms with van der Waals surface area (Å²) in [5.74, 6) is 0.115. The van der Waals surface area contributed by atoms with Crippen LogP contribution in [0.25, 0.3) is 0 Å². The molecule has 0 aromatic heterocycles. The topological polar surface area (TPSA) is 32.7 Å². The van der Waals surface area contributed by atoms with Gasteiger partial charge in [0.2, 0.25) is 5.91 Å². The molecule has 3 nitrogen and oxygen atoms in total. The molecule has 2 aromatic rings. The molecule has 0 fully saturated rings. The van der Waals surface area contributed by atoms with Gasteiger partial charge in [0.25, 0.3) is 0 Å². The maximum atomic E-state index is 12.6. The summed E-state index contributed by atoms with van der Waals surface area (Å²) in [6.07, 6.45) is 1.28. The van der Waals surface area contributed by atoms with Crippen LogP contribution in [-0.2, 0) is 4.79 Å². The smallest absolute Gasteiger partial charge is 0.233 e. The Hall–Kier alpha value is -2.42. The minimum absolute atomic E-state index is 0.115. The summed E-state index contributed by atoms with van der Waals surface area (Å²) in [5.41, 5.74) is 3.64. The first-order chi connectivity index (χ1) is 10.3. The third kappa shape index (κ3) is 2.72. The van der Waals surface area contributed by atoms with Gasteiger partial charge < -0.3 is 4.90 Å². The van der Waals surface area contributed by atoms with Gasteiger partial charge in [-0.15, -0.1) is 0 Å². The van der Waals surface area contributed by atoms with Crippen molar-refractivity contribution < 1.29 is 4.79 Å². The normalized spacial score (nSPS) is 14.4. The Balaban J connectivity index is 2.08. The quantitative estimate of drug-likeness (QED) is 0.836. The van der Waals surface area contributed by atoms with E-state index in [2.05, 4.69) is 6.92 Å². The number of fused-ring (bicyclic) bond motifs is 1. The number of rotatable bonds is 3. The Morgan fingerprint density at radius 2 is 1.76 bits per heavy atom. The summed E-state index contributed by atoms with van der Waals surface area (Å²) in [7, 11) is 0. The molecule has 2 aromatic carbocycles. The number of para-hydroxylation sites is 2. The maximum absolute atomic E-state index is 12.6. The van der Waals surface area contributed by atoms with Crippen molar-refractivity contribution in [3.8, 4) is 0 Å². The highest BCUT2D eigenvalue weighted by Gasteiger charge is 2.23. The fourth-order valence-electron chi connectivity index (χ4n) is 2.61. The van der Waals surface area contributed by atoms with Gasteiger partial charge in [0.15, 0.2) is 0 Å². The first-order valence-corrected chi connectivity index (χ1v) is 7.32. The number of benzene rings is 2. The van der Waals surface area contributed by atoms with E-state index in [0.717, 1.165) is 35.6 Å². The fraction of sp³-hybridized carbons (Fsp3) is 0.222.